The van der Waals surface area contributed by atoms with E-state index in [0.29, 0.717) is 22.4 Å². The molecule has 4 N–H and O–H groups in total. The molecule has 7 heteroatoms. The number of nitrogens with one attached hydrogen (secondary N) is 2. The van der Waals surface area contributed by atoms with Gasteiger partial charge in [-0.25, -0.2) is 9.37 Å². The molecule has 0 saturated carbocycles. The molecule has 0 fully saturated rings. The number of allylic oxidation sites excluding steroid dienone is 6. The summed E-state index contributed by atoms with van der Waals surface area (Å²) in [6.07, 6.45) is 9.41. The Morgan fingerprint density at radius 3 is 2.35 bits per heavy atom. The highest BCUT2D eigenvalue weighted by atomic mass is 19.1. The number of amidine groups is 1. The molecule has 1 aromatic carbocycles. The molecule has 0 unspecified atom stereocenters. The molecule has 1 aliphatic heterocycles. The summed E-state index contributed by atoms with van der Waals surface area (Å²) in [7, 11) is 3.40. The molecule has 0 spiro atoms. The number of aldehydes is 1. The number of benzene rings is 1. The van der Waals surface area contributed by atoms with E-state index in [2.05, 4.69) is 48.0 Å². The van der Waals surface area contributed by atoms with Crippen LogP contribution in [0.15, 0.2) is 77.6 Å². The quantitative estimate of drug-likeness (QED) is 0.239. The lowest BCUT2D eigenvalue weighted by Crippen LogP contribution is -2.18. The number of rotatable bonds is 6. The van der Waals surface area contributed by atoms with Crippen molar-refractivity contribution in [2.45, 2.75) is 41.0 Å². The molecule has 6 nitrogen and oxygen atoms in total. The van der Waals surface area contributed by atoms with E-state index in [9.17, 15) is 9.18 Å². The van der Waals surface area contributed by atoms with Crippen LogP contribution in [0.4, 0.5) is 10.1 Å². The third kappa shape index (κ3) is 9.88. The Morgan fingerprint density at radius 1 is 1.27 bits per heavy atom. The number of nitrogens with two attached hydrogens (primary N) is 1. The minimum Gasteiger partial charge on any atom is -0.388 e. The molecule has 0 radical (unpaired) electrons. The van der Waals surface area contributed by atoms with Gasteiger partial charge in [0.1, 0.15) is 23.6 Å². The summed E-state index contributed by atoms with van der Waals surface area (Å²) in [5.41, 5.74) is 11.2. The standard InChI is InChI=1S/C17H19FN4.C8H9NO.C5H12/c1-5-12(15-8-6-7-10(2)21-15)16-14(18)9-13(11(3)22-16)17(19)20-4;1-9-8-4-2-7(6-10)3-5-8;1-4-5(2)3/h5-9,21H,1H2,2-4H3,(H2,19,20);2-6,9H,1H3;5H,4H2,1-3H3/b15-12+;;. The Morgan fingerprint density at radius 2 is 1.89 bits per heavy atom. The van der Waals surface area contributed by atoms with Gasteiger partial charge in [-0.1, -0.05) is 45.9 Å². The van der Waals surface area contributed by atoms with Crippen LogP contribution in [0.5, 0.6) is 0 Å². The minimum atomic E-state index is -0.461. The lowest BCUT2D eigenvalue weighted by Gasteiger charge is -2.16. The molecule has 37 heavy (non-hydrogen) atoms. The van der Waals surface area contributed by atoms with Gasteiger partial charge >= 0.3 is 0 Å². The zero-order chi connectivity index (χ0) is 28.0. The summed E-state index contributed by atoms with van der Waals surface area (Å²) >= 11 is 0. The molecule has 1 aromatic heterocycles. The maximum atomic E-state index is 14.5. The van der Waals surface area contributed by atoms with Crippen molar-refractivity contribution in [1.29, 1.82) is 0 Å². The molecule has 0 amide bonds. The van der Waals surface area contributed by atoms with Gasteiger partial charge in [-0.2, -0.15) is 0 Å². The van der Waals surface area contributed by atoms with E-state index < -0.39 is 5.82 Å². The van der Waals surface area contributed by atoms with Crippen LogP contribution in [0.25, 0.3) is 5.57 Å². The molecule has 1 aliphatic rings. The summed E-state index contributed by atoms with van der Waals surface area (Å²) in [6.45, 7) is 14.1. The van der Waals surface area contributed by atoms with Crippen LogP contribution >= 0.6 is 0 Å². The smallest absolute Gasteiger partial charge is 0.150 e. The maximum Gasteiger partial charge on any atom is 0.150 e. The number of hydrogen-bond acceptors (Lipinski definition) is 5. The second kappa shape index (κ2) is 15.9. The summed E-state index contributed by atoms with van der Waals surface area (Å²) in [6, 6.07) is 8.64. The Kier molecular flexibility index (Phi) is 13.3. The van der Waals surface area contributed by atoms with Crippen LogP contribution in [0.2, 0.25) is 0 Å². The predicted molar refractivity (Wildman–Crippen MR) is 155 cm³/mol. The lowest BCUT2D eigenvalue weighted by atomic mass is 10.0. The Balaban J connectivity index is 0.000000375. The Hall–Kier alpha value is -4.00. The molecule has 3 rings (SSSR count). The number of carbonyl (C=O) groups excluding carboxylic acids is 1. The number of nitrogens with zero attached hydrogens (tertiary/aromatic N) is 2. The van der Waals surface area contributed by atoms with Gasteiger partial charge < -0.3 is 16.4 Å². The number of halogens is 1. The van der Waals surface area contributed by atoms with E-state index in [-0.39, 0.29) is 11.5 Å². The first-order chi connectivity index (χ1) is 17.6. The van der Waals surface area contributed by atoms with Crippen LogP contribution in [0.3, 0.4) is 0 Å². The van der Waals surface area contributed by atoms with Crippen molar-refractivity contribution in [3.05, 3.63) is 101 Å². The third-order valence-corrected chi connectivity index (χ3v) is 5.53. The van der Waals surface area contributed by atoms with Crippen LogP contribution in [0.1, 0.15) is 61.4 Å². The number of aromatic nitrogens is 1. The third-order valence-electron chi connectivity index (χ3n) is 5.53. The number of hydrogen-bond donors (Lipinski definition) is 3. The monoisotopic (exact) mass is 505 g/mol. The van der Waals surface area contributed by atoms with E-state index in [1.807, 2.05) is 44.3 Å². The van der Waals surface area contributed by atoms with Gasteiger partial charge in [0.25, 0.3) is 0 Å². The summed E-state index contributed by atoms with van der Waals surface area (Å²) in [5.74, 6) is 0.685. The van der Waals surface area contributed by atoms with Crippen molar-refractivity contribution in [3.63, 3.8) is 0 Å². The molecule has 2 aromatic rings. The van der Waals surface area contributed by atoms with Crippen molar-refractivity contribution in [1.82, 2.24) is 10.3 Å². The number of dihydropyridines is 1. The first-order valence-electron chi connectivity index (χ1n) is 12.2. The normalized spacial score (nSPS) is 13.8. The molecule has 2 heterocycles. The largest absolute Gasteiger partial charge is 0.388 e. The highest BCUT2D eigenvalue weighted by Gasteiger charge is 2.16. The zero-order valence-electron chi connectivity index (χ0n) is 23.0. The van der Waals surface area contributed by atoms with Gasteiger partial charge in [-0.15, -0.1) is 0 Å². The first kappa shape index (κ1) is 31.0. The summed E-state index contributed by atoms with van der Waals surface area (Å²) in [4.78, 5) is 18.4. The molecular formula is C30H40FN5O. The summed E-state index contributed by atoms with van der Waals surface area (Å²) in [5, 5.41) is 6.15. The van der Waals surface area contributed by atoms with Gasteiger partial charge in [0.05, 0.1) is 0 Å². The number of anilines is 1. The van der Waals surface area contributed by atoms with E-state index in [1.165, 1.54) is 12.5 Å². The number of carbonyl (C=O) groups is 1. The van der Waals surface area contributed by atoms with Gasteiger partial charge in [0.15, 0.2) is 0 Å². The second-order valence-corrected chi connectivity index (χ2v) is 8.72. The second-order valence-electron chi connectivity index (χ2n) is 8.72. The van der Waals surface area contributed by atoms with Crippen LogP contribution in [-0.4, -0.2) is 31.2 Å². The van der Waals surface area contributed by atoms with Crippen LogP contribution in [-0.2, 0) is 0 Å². The van der Waals surface area contributed by atoms with Gasteiger partial charge in [0, 0.05) is 53.6 Å². The highest BCUT2D eigenvalue weighted by Crippen LogP contribution is 2.24. The molecule has 198 valence electrons. The molecule has 0 saturated heterocycles. The van der Waals surface area contributed by atoms with Crippen molar-refractivity contribution in [2.75, 3.05) is 19.4 Å². The van der Waals surface area contributed by atoms with E-state index in [4.69, 9.17) is 5.73 Å². The van der Waals surface area contributed by atoms with Crippen LogP contribution in [0, 0.1) is 18.7 Å². The van der Waals surface area contributed by atoms with Crippen molar-refractivity contribution >= 4 is 23.4 Å². The van der Waals surface area contributed by atoms with Crippen molar-refractivity contribution in [3.8, 4) is 0 Å². The Labute approximate surface area is 221 Å². The molecular weight excluding hydrogens is 465 g/mol. The SMILES string of the molecule is C=C/C(=C1/C=CC=C(C)N1)c1nc(C)c(C(N)=NC)cc1F.CCC(C)C.CNc1ccc(C=O)cc1. The van der Waals surface area contributed by atoms with Gasteiger partial charge in [0.2, 0.25) is 0 Å². The predicted octanol–water partition coefficient (Wildman–Crippen LogP) is 6.42. The van der Waals surface area contributed by atoms with Gasteiger partial charge in [-0.3, -0.25) is 9.79 Å². The number of pyridine rings is 1. The first-order valence-corrected chi connectivity index (χ1v) is 12.2. The average molecular weight is 506 g/mol. The fourth-order valence-electron chi connectivity index (χ4n) is 2.95. The van der Waals surface area contributed by atoms with Crippen LogP contribution < -0.4 is 16.4 Å². The van der Waals surface area contributed by atoms with E-state index in [1.54, 1.807) is 32.2 Å². The van der Waals surface area contributed by atoms with Gasteiger partial charge in [-0.05, 0) is 62.2 Å². The van der Waals surface area contributed by atoms with E-state index >= 15 is 0 Å². The summed E-state index contributed by atoms with van der Waals surface area (Å²) < 4.78 is 14.5. The molecule has 0 atom stereocenters. The number of aryl methyl sites for hydroxylation is 1. The topological polar surface area (TPSA) is 92.4 Å². The average Bonchev–Trinajstić information content (AvgIpc) is 2.91. The van der Waals surface area contributed by atoms with Crippen molar-refractivity contribution in [2.24, 2.45) is 16.6 Å². The molecule has 0 bridgehead atoms. The maximum absolute atomic E-state index is 14.5. The fourth-order valence-corrected chi connectivity index (χ4v) is 2.95. The number of aliphatic imine (C=N–C) groups is 1. The Bertz CT molecular complexity index is 1180. The molecule has 0 aliphatic carbocycles. The van der Waals surface area contributed by atoms with Crippen molar-refractivity contribution < 1.29 is 9.18 Å². The minimum absolute atomic E-state index is 0.238. The highest BCUT2D eigenvalue weighted by molar-refractivity contribution is 5.98. The fraction of sp³-hybridized carbons (Fsp3) is 0.300. The zero-order valence-corrected chi connectivity index (χ0v) is 23.0. The van der Waals surface area contributed by atoms with E-state index in [0.717, 1.165) is 29.3 Å². The lowest BCUT2D eigenvalue weighted by molar-refractivity contribution is 0.112.